The second-order valence-corrected chi connectivity index (χ2v) is 8.71. The molecule has 27 heavy (non-hydrogen) atoms. The Labute approximate surface area is 176 Å². The summed E-state index contributed by atoms with van der Waals surface area (Å²) in [5.74, 6) is 0. The van der Waals surface area contributed by atoms with Crippen molar-refractivity contribution < 1.29 is 9.64 Å². The Balaban J connectivity index is 1.60. The van der Waals surface area contributed by atoms with Gasteiger partial charge < -0.3 is 19.9 Å². The lowest BCUT2D eigenvalue weighted by atomic mass is 10.2. The summed E-state index contributed by atoms with van der Waals surface area (Å²) < 4.78 is 5.45. The molecule has 0 radical (unpaired) electrons. The number of quaternary nitrogens is 1. The Morgan fingerprint density at radius 2 is 2.15 bits per heavy atom. The second-order valence-electron chi connectivity index (χ2n) is 6.86. The van der Waals surface area contributed by atoms with E-state index < -0.39 is 0 Å². The number of anilines is 1. The molecular formula is C20H27ClN3OS2+. The number of hydrogen-bond donors (Lipinski definition) is 2. The van der Waals surface area contributed by atoms with E-state index in [1.807, 2.05) is 25.1 Å². The van der Waals surface area contributed by atoms with Gasteiger partial charge in [0.1, 0.15) is 13.1 Å². The number of rotatable bonds is 7. The summed E-state index contributed by atoms with van der Waals surface area (Å²) in [6, 6.07) is 10.1. The first-order valence-corrected chi connectivity index (χ1v) is 11.0. The first-order chi connectivity index (χ1) is 13.1. The minimum absolute atomic E-state index is 0.743. The summed E-state index contributed by atoms with van der Waals surface area (Å²) in [5, 5.41) is 7.04. The molecule has 4 nitrogen and oxygen atoms in total. The van der Waals surface area contributed by atoms with Crippen molar-refractivity contribution in [3.63, 3.8) is 0 Å². The Kier molecular flexibility index (Phi) is 7.91. The van der Waals surface area contributed by atoms with Gasteiger partial charge in [0.2, 0.25) is 0 Å². The molecule has 7 heteroatoms. The number of aryl methyl sites for hydroxylation is 1. The molecule has 0 aliphatic carbocycles. The van der Waals surface area contributed by atoms with Crippen LogP contribution in [0.2, 0.25) is 5.02 Å². The Morgan fingerprint density at radius 3 is 2.85 bits per heavy atom. The number of halogens is 1. The molecule has 1 aliphatic heterocycles. The van der Waals surface area contributed by atoms with Crippen molar-refractivity contribution in [1.29, 1.82) is 0 Å². The summed E-state index contributed by atoms with van der Waals surface area (Å²) in [5.41, 5.74) is 2.11. The minimum atomic E-state index is 0.743. The van der Waals surface area contributed by atoms with Crippen LogP contribution < -0.4 is 10.2 Å². The largest absolute Gasteiger partial charge is 0.370 e. The quantitative estimate of drug-likeness (QED) is 0.668. The molecule has 2 N–H and O–H groups in total. The number of nitrogens with one attached hydrogen (secondary N) is 2. The molecule has 0 bridgehead atoms. The third-order valence-corrected chi connectivity index (χ3v) is 6.26. The normalized spacial score (nSPS) is 14.9. The van der Waals surface area contributed by atoms with Crippen molar-refractivity contribution in [2.24, 2.45) is 0 Å². The van der Waals surface area contributed by atoms with E-state index in [1.165, 1.54) is 4.88 Å². The van der Waals surface area contributed by atoms with Crippen LogP contribution >= 0.6 is 35.2 Å². The van der Waals surface area contributed by atoms with Crippen LogP contribution in [0.5, 0.6) is 0 Å². The number of ether oxygens (including phenoxy) is 1. The van der Waals surface area contributed by atoms with Crippen molar-refractivity contribution in [3.8, 4) is 0 Å². The molecule has 2 heterocycles. The smallest absolute Gasteiger partial charge is 0.173 e. The van der Waals surface area contributed by atoms with Crippen molar-refractivity contribution in [2.45, 2.75) is 19.9 Å². The van der Waals surface area contributed by atoms with E-state index in [0.29, 0.717) is 0 Å². The summed E-state index contributed by atoms with van der Waals surface area (Å²) in [7, 11) is 0. The average Bonchev–Trinajstić information content (AvgIpc) is 3.17. The molecule has 0 atom stereocenters. The number of nitrogens with zero attached hydrogens (tertiary/aromatic N) is 1. The monoisotopic (exact) mass is 424 g/mol. The van der Waals surface area contributed by atoms with Crippen LogP contribution in [0, 0.1) is 6.92 Å². The summed E-state index contributed by atoms with van der Waals surface area (Å²) in [6.45, 7) is 8.97. The van der Waals surface area contributed by atoms with E-state index in [1.54, 1.807) is 16.2 Å². The fraction of sp³-hybridized carbons (Fsp3) is 0.450. The van der Waals surface area contributed by atoms with Gasteiger partial charge in [-0.25, -0.2) is 0 Å². The van der Waals surface area contributed by atoms with Gasteiger partial charge in [0.15, 0.2) is 5.11 Å². The van der Waals surface area contributed by atoms with Crippen molar-refractivity contribution in [2.75, 3.05) is 44.7 Å². The molecule has 1 aromatic heterocycles. The number of morpholine rings is 1. The third kappa shape index (κ3) is 6.43. The molecule has 0 unspecified atom stereocenters. The van der Waals surface area contributed by atoms with Gasteiger partial charge in [-0.3, -0.25) is 0 Å². The lowest BCUT2D eigenvalue weighted by Gasteiger charge is -2.28. The maximum absolute atomic E-state index is 6.07. The van der Waals surface area contributed by atoms with Gasteiger partial charge in [-0.2, -0.15) is 0 Å². The van der Waals surface area contributed by atoms with E-state index in [2.05, 4.69) is 27.7 Å². The molecule has 0 spiro atoms. The number of thiocarbonyl (C=S) groups is 1. The van der Waals surface area contributed by atoms with Crippen molar-refractivity contribution in [3.05, 3.63) is 51.2 Å². The van der Waals surface area contributed by atoms with Gasteiger partial charge in [-0.1, -0.05) is 17.7 Å². The van der Waals surface area contributed by atoms with Crippen LogP contribution in [0.1, 0.15) is 16.9 Å². The number of benzene rings is 1. The minimum Gasteiger partial charge on any atom is -0.370 e. The summed E-state index contributed by atoms with van der Waals surface area (Å²) in [6.07, 6.45) is 1.11. The molecule has 0 amide bonds. The SMILES string of the molecule is Cc1cc(Cl)ccc1NC(=S)N(CCC[NH+]1CCOCC1)Cc1cccs1. The van der Waals surface area contributed by atoms with E-state index in [9.17, 15) is 0 Å². The van der Waals surface area contributed by atoms with Gasteiger partial charge in [0.25, 0.3) is 0 Å². The Bertz CT molecular complexity index is 733. The van der Waals surface area contributed by atoms with Gasteiger partial charge in [0, 0.05) is 28.6 Å². The predicted molar refractivity (Wildman–Crippen MR) is 118 cm³/mol. The lowest BCUT2D eigenvalue weighted by Crippen LogP contribution is -3.14. The zero-order chi connectivity index (χ0) is 19.1. The zero-order valence-electron chi connectivity index (χ0n) is 15.7. The highest BCUT2D eigenvalue weighted by atomic mass is 35.5. The van der Waals surface area contributed by atoms with Gasteiger partial charge in [-0.15, -0.1) is 11.3 Å². The molecule has 3 rings (SSSR count). The number of thiophene rings is 1. The predicted octanol–water partition coefficient (Wildman–Crippen LogP) is 3.21. The van der Waals surface area contributed by atoms with E-state index in [0.717, 1.165) is 73.7 Å². The molecule has 1 aromatic carbocycles. The highest BCUT2D eigenvalue weighted by Gasteiger charge is 2.16. The van der Waals surface area contributed by atoms with Gasteiger partial charge >= 0.3 is 0 Å². The van der Waals surface area contributed by atoms with E-state index in [-0.39, 0.29) is 0 Å². The second kappa shape index (κ2) is 10.4. The molecule has 2 aromatic rings. The maximum Gasteiger partial charge on any atom is 0.173 e. The molecule has 0 saturated carbocycles. The molecular weight excluding hydrogens is 398 g/mol. The van der Waals surface area contributed by atoms with Gasteiger partial charge in [0.05, 0.1) is 26.3 Å². The number of hydrogen-bond acceptors (Lipinski definition) is 3. The molecule has 146 valence electrons. The highest BCUT2D eigenvalue weighted by molar-refractivity contribution is 7.80. The first kappa shape index (κ1) is 20.6. The van der Waals surface area contributed by atoms with Crippen molar-refractivity contribution >= 4 is 46.0 Å². The van der Waals surface area contributed by atoms with Crippen LogP contribution in [0.4, 0.5) is 5.69 Å². The Morgan fingerprint density at radius 1 is 1.33 bits per heavy atom. The standard InChI is InChI=1S/C20H26ClN3OS2/c1-16-14-17(21)5-6-19(16)22-20(26)24(15-18-4-2-13-27-18)8-3-7-23-9-11-25-12-10-23/h2,4-6,13-14H,3,7-12,15H2,1H3,(H,22,26)/p+1. The fourth-order valence-electron chi connectivity index (χ4n) is 3.23. The van der Waals surface area contributed by atoms with Crippen LogP contribution in [-0.4, -0.2) is 49.4 Å². The highest BCUT2D eigenvalue weighted by Crippen LogP contribution is 2.21. The van der Waals surface area contributed by atoms with Crippen LogP contribution in [0.3, 0.4) is 0 Å². The van der Waals surface area contributed by atoms with Crippen LogP contribution in [-0.2, 0) is 11.3 Å². The molecule has 1 aliphatic rings. The first-order valence-electron chi connectivity index (χ1n) is 9.37. The fourth-order valence-corrected chi connectivity index (χ4v) is 4.45. The third-order valence-electron chi connectivity index (χ3n) is 4.80. The van der Waals surface area contributed by atoms with Gasteiger partial charge in [-0.05, 0) is 54.4 Å². The van der Waals surface area contributed by atoms with Crippen molar-refractivity contribution in [1.82, 2.24) is 4.90 Å². The molecule has 1 fully saturated rings. The van der Waals surface area contributed by atoms with Crippen LogP contribution in [0.25, 0.3) is 0 Å². The average molecular weight is 425 g/mol. The molecule has 1 saturated heterocycles. The summed E-state index contributed by atoms with van der Waals surface area (Å²) >= 11 is 13.6. The Hall–Kier alpha value is -1.18. The zero-order valence-corrected chi connectivity index (χ0v) is 18.1. The topological polar surface area (TPSA) is 28.9 Å². The lowest BCUT2D eigenvalue weighted by molar-refractivity contribution is -0.908. The van der Waals surface area contributed by atoms with E-state index in [4.69, 9.17) is 28.6 Å². The van der Waals surface area contributed by atoms with Crippen LogP contribution in [0.15, 0.2) is 35.7 Å². The van der Waals surface area contributed by atoms with E-state index >= 15 is 0 Å². The maximum atomic E-state index is 6.07. The summed E-state index contributed by atoms with van der Waals surface area (Å²) in [4.78, 5) is 5.23.